The average Bonchev–Trinajstić information content (AvgIpc) is 2.83. The summed E-state index contributed by atoms with van der Waals surface area (Å²) in [6.07, 6.45) is 1.55. The van der Waals surface area contributed by atoms with E-state index in [1.54, 1.807) is 6.20 Å². The van der Waals surface area contributed by atoms with Gasteiger partial charge in [0.25, 0.3) is 0 Å². The van der Waals surface area contributed by atoms with Gasteiger partial charge in [-0.1, -0.05) is 24.3 Å². The van der Waals surface area contributed by atoms with Gasteiger partial charge < -0.3 is 9.47 Å². The van der Waals surface area contributed by atoms with Crippen LogP contribution in [0.25, 0.3) is 5.57 Å². The van der Waals surface area contributed by atoms with Gasteiger partial charge in [-0.05, 0) is 24.8 Å². The summed E-state index contributed by atoms with van der Waals surface area (Å²) in [5.74, 6) is 0. The maximum Gasteiger partial charge on any atom is 0.184 e. The average molecular weight is 217 g/mol. The Hall–Kier alpha value is -1.45. The Morgan fingerprint density at radius 3 is 2.50 bits per heavy atom. The summed E-state index contributed by atoms with van der Waals surface area (Å²) >= 11 is 0. The third-order valence-corrected chi connectivity index (χ3v) is 2.54. The van der Waals surface area contributed by atoms with Crippen LogP contribution in [-0.4, -0.2) is 19.9 Å². The fourth-order valence-electron chi connectivity index (χ4n) is 1.67. The van der Waals surface area contributed by atoms with E-state index < -0.39 is 0 Å². The van der Waals surface area contributed by atoms with Gasteiger partial charge in [0.1, 0.15) is 0 Å². The van der Waals surface area contributed by atoms with Crippen LogP contribution in [0.2, 0.25) is 0 Å². The van der Waals surface area contributed by atoms with Crippen LogP contribution in [0.3, 0.4) is 0 Å². The number of allylic oxidation sites excluding steroid dienone is 1. The third kappa shape index (κ3) is 2.38. The van der Waals surface area contributed by atoms with Crippen LogP contribution in [0.15, 0.2) is 35.5 Å². The summed E-state index contributed by atoms with van der Waals surface area (Å²) in [5.41, 5.74) is 3.28. The Balaban J connectivity index is 2.15. The van der Waals surface area contributed by atoms with Crippen LogP contribution < -0.4 is 0 Å². The Bertz CT molecular complexity index is 389. The molecule has 1 aliphatic heterocycles. The summed E-state index contributed by atoms with van der Waals surface area (Å²) in [6.45, 7) is 6.79. The first-order chi connectivity index (χ1) is 7.81. The molecule has 0 unspecified atom stereocenters. The van der Waals surface area contributed by atoms with Gasteiger partial charge in [0.15, 0.2) is 6.29 Å². The van der Waals surface area contributed by atoms with Crippen LogP contribution in [0.1, 0.15) is 24.3 Å². The van der Waals surface area contributed by atoms with E-state index in [0.717, 1.165) is 16.7 Å². The molecule has 0 aliphatic carbocycles. The third-order valence-electron chi connectivity index (χ3n) is 2.54. The van der Waals surface area contributed by atoms with Gasteiger partial charge >= 0.3 is 0 Å². The van der Waals surface area contributed by atoms with Crippen molar-refractivity contribution >= 4 is 12.3 Å². The number of benzene rings is 1. The van der Waals surface area contributed by atoms with Gasteiger partial charge in [0, 0.05) is 11.8 Å². The van der Waals surface area contributed by atoms with E-state index in [-0.39, 0.29) is 6.29 Å². The van der Waals surface area contributed by atoms with Crippen LogP contribution >= 0.6 is 0 Å². The van der Waals surface area contributed by atoms with Crippen LogP contribution in [-0.2, 0) is 9.47 Å². The number of nitrogens with zero attached hydrogens (tertiary/aromatic N) is 1. The number of ether oxygens (including phenoxy) is 2. The molecule has 3 nitrogen and oxygen atoms in total. The van der Waals surface area contributed by atoms with Gasteiger partial charge in [0.2, 0.25) is 0 Å². The van der Waals surface area contributed by atoms with Crippen molar-refractivity contribution in [2.75, 3.05) is 13.2 Å². The molecule has 16 heavy (non-hydrogen) atoms. The molecular weight excluding hydrogens is 202 g/mol. The normalized spacial score (nSPS) is 17.7. The highest BCUT2D eigenvalue weighted by Gasteiger charge is 2.17. The zero-order chi connectivity index (χ0) is 11.4. The highest BCUT2D eigenvalue weighted by atomic mass is 16.7. The Labute approximate surface area is 95.4 Å². The van der Waals surface area contributed by atoms with Crippen molar-refractivity contribution in [1.29, 1.82) is 0 Å². The highest BCUT2D eigenvalue weighted by Crippen LogP contribution is 2.24. The van der Waals surface area contributed by atoms with Gasteiger partial charge in [-0.25, -0.2) is 0 Å². The number of hydrogen-bond donors (Lipinski definition) is 0. The summed E-state index contributed by atoms with van der Waals surface area (Å²) in [5, 5.41) is 0. The zero-order valence-electron chi connectivity index (χ0n) is 9.35. The monoisotopic (exact) mass is 217 g/mol. The van der Waals surface area contributed by atoms with Crippen molar-refractivity contribution < 1.29 is 9.47 Å². The fourth-order valence-corrected chi connectivity index (χ4v) is 1.67. The fraction of sp³-hybridized carbons (Fsp3) is 0.308. The van der Waals surface area contributed by atoms with E-state index in [4.69, 9.17) is 9.47 Å². The first-order valence-corrected chi connectivity index (χ1v) is 5.27. The smallest absolute Gasteiger partial charge is 0.184 e. The van der Waals surface area contributed by atoms with Crippen molar-refractivity contribution in [1.82, 2.24) is 0 Å². The number of hydrogen-bond acceptors (Lipinski definition) is 3. The molecule has 0 spiro atoms. The first kappa shape index (κ1) is 11.0. The lowest BCUT2D eigenvalue weighted by Gasteiger charge is -2.09. The molecule has 1 aromatic rings. The molecule has 2 rings (SSSR count). The lowest BCUT2D eigenvalue weighted by molar-refractivity contribution is -0.0441. The Kier molecular flexibility index (Phi) is 3.49. The van der Waals surface area contributed by atoms with E-state index in [1.807, 2.05) is 31.2 Å². The maximum absolute atomic E-state index is 5.42. The van der Waals surface area contributed by atoms with Gasteiger partial charge in [-0.2, -0.15) is 0 Å². The predicted molar refractivity (Wildman–Crippen MR) is 64.3 cm³/mol. The largest absolute Gasteiger partial charge is 0.346 e. The molecule has 1 saturated heterocycles. The summed E-state index contributed by atoms with van der Waals surface area (Å²) in [7, 11) is 0. The van der Waals surface area contributed by atoms with E-state index in [1.165, 1.54) is 0 Å². The molecule has 0 aromatic heterocycles. The Morgan fingerprint density at radius 1 is 1.31 bits per heavy atom. The van der Waals surface area contributed by atoms with E-state index >= 15 is 0 Å². The maximum atomic E-state index is 5.42. The quantitative estimate of drug-likeness (QED) is 0.729. The van der Waals surface area contributed by atoms with Crippen molar-refractivity contribution in [2.45, 2.75) is 13.2 Å². The summed E-state index contributed by atoms with van der Waals surface area (Å²) in [6, 6.07) is 8.12. The van der Waals surface area contributed by atoms with Crippen molar-refractivity contribution in [3.05, 3.63) is 41.6 Å². The molecular formula is C13H15NO2. The zero-order valence-corrected chi connectivity index (χ0v) is 9.35. The highest BCUT2D eigenvalue weighted by molar-refractivity contribution is 5.64. The molecule has 0 bridgehead atoms. The molecule has 1 aromatic carbocycles. The second-order valence-corrected chi connectivity index (χ2v) is 3.69. The second kappa shape index (κ2) is 5.05. The number of aliphatic imine (C=N–C) groups is 1. The molecule has 0 saturated carbocycles. The minimum atomic E-state index is -0.198. The van der Waals surface area contributed by atoms with Gasteiger partial charge in [-0.15, -0.1) is 0 Å². The predicted octanol–water partition coefficient (Wildman–Crippen LogP) is 2.79. The summed E-state index contributed by atoms with van der Waals surface area (Å²) < 4.78 is 10.8. The van der Waals surface area contributed by atoms with E-state index in [9.17, 15) is 0 Å². The Morgan fingerprint density at radius 2 is 1.94 bits per heavy atom. The molecule has 0 N–H and O–H groups in total. The van der Waals surface area contributed by atoms with Gasteiger partial charge in [0.05, 0.1) is 13.2 Å². The number of rotatable bonds is 3. The lowest BCUT2D eigenvalue weighted by atomic mass is 10.1. The van der Waals surface area contributed by atoms with Gasteiger partial charge in [-0.3, -0.25) is 4.99 Å². The molecule has 0 atom stereocenters. The van der Waals surface area contributed by atoms with E-state index in [0.29, 0.717) is 13.2 Å². The van der Waals surface area contributed by atoms with Crippen molar-refractivity contribution in [3.63, 3.8) is 0 Å². The SMILES string of the molecule is C=NC=C(C)c1ccc(C2OCCO2)cc1. The van der Waals surface area contributed by atoms with Crippen LogP contribution in [0.5, 0.6) is 0 Å². The van der Waals surface area contributed by atoms with Crippen LogP contribution in [0.4, 0.5) is 0 Å². The molecule has 84 valence electrons. The lowest BCUT2D eigenvalue weighted by Crippen LogP contribution is -1.97. The van der Waals surface area contributed by atoms with E-state index in [2.05, 4.69) is 11.7 Å². The molecule has 3 heteroatoms. The topological polar surface area (TPSA) is 30.8 Å². The summed E-state index contributed by atoms with van der Waals surface area (Å²) in [4.78, 5) is 3.75. The minimum absolute atomic E-state index is 0.198. The second-order valence-electron chi connectivity index (χ2n) is 3.69. The van der Waals surface area contributed by atoms with Crippen molar-refractivity contribution in [2.24, 2.45) is 4.99 Å². The standard InChI is InChI=1S/C13H15NO2/c1-10(9-14-2)11-3-5-12(6-4-11)13-15-7-8-16-13/h3-6,9,13H,2,7-8H2,1H3. The minimum Gasteiger partial charge on any atom is -0.346 e. The molecule has 0 amide bonds. The molecule has 1 heterocycles. The van der Waals surface area contributed by atoms with Crippen molar-refractivity contribution in [3.8, 4) is 0 Å². The first-order valence-electron chi connectivity index (χ1n) is 5.27. The van der Waals surface area contributed by atoms with Crippen LogP contribution in [0, 0.1) is 0 Å². The molecule has 1 fully saturated rings. The molecule has 1 aliphatic rings. The molecule has 0 radical (unpaired) electrons.